The summed E-state index contributed by atoms with van der Waals surface area (Å²) in [7, 11) is 0. The van der Waals surface area contributed by atoms with Crippen LogP contribution in [0.3, 0.4) is 0 Å². The van der Waals surface area contributed by atoms with E-state index in [1.165, 1.54) is 0 Å². The van der Waals surface area contributed by atoms with Gasteiger partial charge in [-0.15, -0.1) is 0 Å². The van der Waals surface area contributed by atoms with Gasteiger partial charge in [0.2, 0.25) is 5.91 Å². The quantitative estimate of drug-likeness (QED) is 0.896. The van der Waals surface area contributed by atoms with Crippen molar-refractivity contribution in [1.29, 1.82) is 0 Å². The smallest absolute Gasteiger partial charge is 0.224 e. The third-order valence-corrected chi connectivity index (χ3v) is 3.28. The van der Waals surface area contributed by atoms with E-state index in [4.69, 9.17) is 0 Å². The second-order valence-electron chi connectivity index (χ2n) is 5.05. The van der Waals surface area contributed by atoms with Crippen LogP contribution in [0.1, 0.15) is 22.3 Å². The molecule has 0 aliphatic rings. The maximum atomic E-state index is 12.0. The number of hydrogen-bond acceptors (Lipinski definition) is 2. The minimum Gasteiger partial charge on any atom is -0.508 e. The summed E-state index contributed by atoms with van der Waals surface area (Å²) in [5.74, 6) is 0.238. The SMILES string of the molecule is Cc1ccc(C)c(CC(=O)NCc2ccc(O)cc2)c1. The number of rotatable bonds is 4. The van der Waals surface area contributed by atoms with Crippen LogP contribution < -0.4 is 5.32 Å². The van der Waals surface area contributed by atoms with Crippen molar-refractivity contribution in [3.05, 3.63) is 64.7 Å². The number of carbonyl (C=O) groups excluding carboxylic acids is 1. The summed E-state index contributed by atoms with van der Waals surface area (Å²) in [6.07, 6.45) is 0.394. The molecule has 20 heavy (non-hydrogen) atoms. The second-order valence-corrected chi connectivity index (χ2v) is 5.05. The molecular formula is C17H19NO2. The second kappa shape index (κ2) is 6.24. The van der Waals surface area contributed by atoms with Gasteiger partial charge in [-0.05, 0) is 42.7 Å². The summed E-state index contributed by atoms with van der Waals surface area (Å²) in [6.45, 7) is 4.52. The molecule has 2 aromatic rings. The lowest BCUT2D eigenvalue weighted by Crippen LogP contribution is -2.24. The highest BCUT2D eigenvalue weighted by atomic mass is 16.3. The minimum atomic E-state index is 0.00627. The molecule has 2 N–H and O–H groups in total. The molecule has 2 rings (SSSR count). The van der Waals surface area contributed by atoms with Gasteiger partial charge >= 0.3 is 0 Å². The van der Waals surface area contributed by atoms with Crippen LogP contribution in [0.15, 0.2) is 42.5 Å². The zero-order valence-corrected chi connectivity index (χ0v) is 11.8. The van der Waals surface area contributed by atoms with E-state index < -0.39 is 0 Å². The van der Waals surface area contributed by atoms with Gasteiger partial charge < -0.3 is 10.4 Å². The van der Waals surface area contributed by atoms with E-state index in [-0.39, 0.29) is 11.7 Å². The molecule has 1 amide bonds. The predicted octanol–water partition coefficient (Wildman–Crippen LogP) is 2.87. The molecule has 0 aliphatic heterocycles. The van der Waals surface area contributed by atoms with Gasteiger partial charge in [0.1, 0.15) is 5.75 Å². The van der Waals surface area contributed by atoms with E-state index >= 15 is 0 Å². The van der Waals surface area contributed by atoms with Gasteiger partial charge in [-0.25, -0.2) is 0 Å². The average Bonchev–Trinajstić information content (AvgIpc) is 2.42. The lowest BCUT2D eigenvalue weighted by molar-refractivity contribution is -0.120. The molecule has 3 nitrogen and oxygen atoms in total. The van der Waals surface area contributed by atoms with E-state index in [1.54, 1.807) is 24.3 Å². The summed E-state index contributed by atoms with van der Waals surface area (Å²) in [5, 5.41) is 12.1. The molecule has 0 saturated heterocycles. The largest absolute Gasteiger partial charge is 0.508 e. The number of amides is 1. The summed E-state index contributed by atoms with van der Waals surface area (Å²) in [6, 6.07) is 13.0. The lowest BCUT2D eigenvalue weighted by atomic mass is 10.0. The van der Waals surface area contributed by atoms with Crippen LogP contribution in [0, 0.1) is 13.8 Å². The first-order chi connectivity index (χ1) is 9.54. The number of phenolic OH excluding ortho intramolecular Hbond substituents is 1. The summed E-state index contributed by atoms with van der Waals surface area (Å²) in [5.41, 5.74) is 4.33. The van der Waals surface area contributed by atoms with Crippen LogP contribution in [-0.4, -0.2) is 11.0 Å². The molecular weight excluding hydrogens is 250 g/mol. The van der Waals surface area contributed by atoms with Crippen LogP contribution in [0.4, 0.5) is 0 Å². The molecule has 0 aliphatic carbocycles. The molecule has 0 radical (unpaired) electrons. The van der Waals surface area contributed by atoms with Gasteiger partial charge in [0.25, 0.3) is 0 Å². The Morgan fingerprint density at radius 3 is 2.50 bits per heavy atom. The number of aryl methyl sites for hydroxylation is 2. The number of hydrogen-bond donors (Lipinski definition) is 2. The molecule has 0 unspecified atom stereocenters. The highest BCUT2D eigenvalue weighted by Crippen LogP contribution is 2.12. The first kappa shape index (κ1) is 14.1. The van der Waals surface area contributed by atoms with Crippen LogP contribution in [-0.2, 0) is 17.8 Å². The number of carbonyl (C=O) groups is 1. The van der Waals surface area contributed by atoms with Gasteiger partial charge in [-0.3, -0.25) is 4.79 Å². The van der Waals surface area contributed by atoms with E-state index in [0.29, 0.717) is 13.0 Å². The first-order valence-electron chi connectivity index (χ1n) is 6.65. The van der Waals surface area contributed by atoms with E-state index in [9.17, 15) is 9.90 Å². The van der Waals surface area contributed by atoms with Crippen molar-refractivity contribution in [2.45, 2.75) is 26.8 Å². The summed E-state index contributed by atoms with van der Waals surface area (Å²) >= 11 is 0. The van der Waals surface area contributed by atoms with Crippen molar-refractivity contribution in [3.63, 3.8) is 0 Å². The standard InChI is InChI=1S/C17H19NO2/c1-12-3-4-13(2)15(9-12)10-17(20)18-11-14-5-7-16(19)8-6-14/h3-9,19H,10-11H2,1-2H3,(H,18,20). The fraction of sp³-hybridized carbons (Fsp3) is 0.235. The molecule has 104 valence electrons. The van der Waals surface area contributed by atoms with Gasteiger partial charge in [-0.2, -0.15) is 0 Å². The van der Waals surface area contributed by atoms with Crippen LogP contribution >= 0.6 is 0 Å². The Hall–Kier alpha value is -2.29. The molecule has 0 spiro atoms. The van der Waals surface area contributed by atoms with Crippen LogP contribution in [0.25, 0.3) is 0 Å². The van der Waals surface area contributed by atoms with Gasteiger partial charge in [0, 0.05) is 6.54 Å². The number of benzene rings is 2. The summed E-state index contributed by atoms with van der Waals surface area (Å²) in [4.78, 5) is 12.0. The van der Waals surface area contributed by atoms with Gasteiger partial charge in [-0.1, -0.05) is 35.9 Å². The Morgan fingerprint density at radius 2 is 1.80 bits per heavy atom. The molecule has 0 aromatic heterocycles. The van der Waals surface area contributed by atoms with Crippen molar-refractivity contribution in [2.24, 2.45) is 0 Å². The average molecular weight is 269 g/mol. The number of nitrogens with one attached hydrogen (secondary N) is 1. The highest BCUT2D eigenvalue weighted by molar-refractivity contribution is 5.79. The van der Waals surface area contributed by atoms with E-state index in [2.05, 4.69) is 11.4 Å². The third kappa shape index (κ3) is 3.85. The Bertz CT molecular complexity index is 603. The minimum absolute atomic E-state index is 0.00627. The predicted molar refractivity (Wildman–Crippen MR) is 79.6 cm³/mol. The van der Waals surface area contributed by atoms with Crippen molar-refractivity contribution in [2.75, 3.05) is 0 Å². The zero-order chi connectivity index (χ0) is 14.5. The zero-order valence-electron chi connectivity index (χ0n) is 11.8. The van der Waals surface area contributed by atoms with Crippen molar-refractivity contribution >= 4 is 5.91 Å². The van der Waals surface area contributed by atoms with E-state index in [0.717, 1.165) is 22.3 Å². The Kier molecular flexibility index (Phi) is 4.41. The van der Waals surface area contributed by atoms with Gasteiger partial charge in [0.15, 0.2) is 0 Å². The van der Waals surface area contributed by atoms with E-state index in [1.807, 2.05) is 26.0 Å². The van der Waals surface area contributed by atoms with Crippen molar-refractivity contribution in [3.8, 4) is 5.75 Å². The van der Waals surface area contributed by atoms with Crippen LogP contribution in [0.5, 0.6) is 5.75 Å². The Morgan fingerprint density at radius 1 is 1.10 bits per heavy atom. The molecule has 2 aromatic carbocycles. The van der Waals surface area contributed by atoms with Gasteiger partial charge in [0.05, 0.1) is 6.42 Å². The Labute approximate surface area is 119 Å². The molecule has 3 heteroatoms. The fourth-order valence-electron chi connectivity index (χ4n) is 2.04. The maximum absolute atomic E-state index is 12.0. The van der Waals surface area contributed by atoms with Crippen LogP contribution in [0.2, 0.25) is 0 Å². The molecule has 0 saturated carbocycles. The molecule has 0 heterocycles. The monoisotopic (exact) mass is 269 g/mol. The maximum Gasteiger partial charge on any atom is 0.224 e. The third-order valence-electron chi connectivity index (χ3n) is 3.28. The highest BCUT2D eigenvalue weighted by Gasteiger charge is 2.06. The summed E-state index contributed by atoms with van der Waals surface area (Å²) < 4.78 is 0. The van der Waals surface area contributed by atoms with Crippen molar-refractivity contribution in [1.82, 2.24) is 5.32 Å². The van der Waals surface area contributed by atoms with Crippen molar-refractivity contribution < 1.29 is 9.90 Å². The molecule has 0 atom stereocenters. The molecule has 0 fully saturated rings. The Balaban J connectivity index is 1.92. The topological polar surface area (TPSA) is 49.3 Å². The fourth-order valence-corrected chi connectivity index (χ4v) is 2.04. The normalized spacial score (nSPS) is 10.3. The lowest BCUT2D eigenvalue weighted by Gasteiger charge is -2.08. The first-order valence-corrected chi connectivity index (χ1v) is 6.65. The number of aromatic hydroxyl groups is 1. The number of phenols is 1. The molecule has 0 bridgehead atoms.